The molecule has 0 amide bonds. The molecule has 3 atom stereocenters. The largest absolute Gasteiger partial charge is 0.469 e. The van der Waals surface area contributed by atoms with Gasteiger partial charge in [0.1, 0.15) is 30.0 Å². The van der Waals surface area contributed by atoms with Crippen molar-refractivity contribution < 1.29 is 37.2 Å². The lowest BCUT2D eigenvalue weighted by Gasteiger charge is -2.37. The number of rotatable bonds is 14. The Bertz CT molecular complexity index is 2420. The summed E-state index contributed by atoms with van der Waals surface area (Å²) in [6, 6.07) is 17.8. The van der Waals surface area contributed by atoms with Crippen LogP contribution in [0.1, 0.15) is 37.6 Å². The molecule has 6 aromatic rings. The van der Waals surface area contributed by atoms with Gasteiger partial charge in [-0.25, -0.2) is 32.7 Å². The van der Waals surface area contributed by atoms with Crippen LogP contribution < -0.4 is 15.5 Å². The minimum atomic E-state index is -4.76. The predicted molar refractivity (Wildman–Crippen MR) is 204 cm³/mol. The molecular formula is C37H39F3N11O6P. The number of aromatic nitrogens is 9. The minimum absolute atomic E-state index is 0.334. The molecule has 0 aliphatic carbocycles. The maximum Gasteiger partial charge on any atom is 0.469 e. The third-order valence-corrected chi connectivity index (χ3v) is 10.8. The van der Waals surface area contributed by atoms with Crippen molar-refractivity contribution in [2.24, 2.45) is 0 Å². The highest BCUT2D eigenvalue weighted by Gasteiger charge is 2.57. The predicted octanol–water partition coefficient (Wildman–Crippen LogP) is 4.07. The first-order valence-electron chi connectivity index (χ1n) is 18.2. The number of hydrogen-bond acceptors (Lipinski definition) is 12. The zero-order chi connectivity index (χ0) is 41.2. The van der Waals surface area contributed by atoms with Gasteiger partial charge in [0.2, 0.25) is 0 Å². The van der Waals surface area contributed by atoms with Crippen molar-refractivity contribution in [3.8, 4) is 16.9 Å². The second-order valence-electron chi connectivity index (χ2n) is 13.8. The summed E-state index contributed by atoms with van der Waals surface area (Å²) in [5.74, 6) is -4.74. The fourth-order valence-corrected chi connectivity index (χ4v) is 7.66. The van der Waals surface area contributed by atoms with Crippen LogP contribution in [-0.4, -0.2) is 91.7 Å². The van der Waals surface area contributed by atoms with E-state index in [1.54, 1.807) is 19.2 Å². The smallest absolute Gasteiger partial charge is 0.377 e. The van der Waals surface area contributed by atoms with Gasteiger partial charge in [0.25, 0.3) is 0 Å². The number of piperazine rings is 1. The van der Waals surface area contributed by atoms with Crippen LogP contribution in [0.5, 0.6) is 0 Å². The van der Waals surface area contributed by atoms with Crippen molar-refractivity contribution in [2.45, 2.75) is 50.5 Å². The summed E-state index contributed by atoms with van der Waals surface area (Å²) in [5.41, 5.74) is -1.87. The molecule has 58 heavy (non-hydrogen) atoms. The van der Waals surface area contributed by atoms with Gasteiger partial charge >= 0.3 is 19.4 Å². The van der Waals surface area contributed by atoms with Crippen LogP contribution in [0.15, 0.2) is 103 Å². The average molecular weight is 822 g/mol. The quantitative estimate of drug-likeness (QED) is 0.133. The van der Waals surface area contributed by atoms with Gasteiger partial charge in [-0.05, 0) is 65.7 Å². The second-order valence-corrected chi connectivity index (χ2v) is 14.9. The fourth-order valence-electron chi connectivity index (χ4n) is 7.09. The number of phosphoric acid groups is 1. The monoisotopic (exact) mass is 821 g/mol. The molecule has 3 N–H and O–H groups in total. The van der Waals surface area contributed by atoms with E-state index in [0.717, 1.165) is 50.8 Å². The van der Waals surface area contributed by atoms with Crippen LogP contribution in [0.4, 0.5) is 24.5 Å². The van der Waals surface area contributed by atoms with E-state index in [-0.39, 0.29) is 0 Å². The number of nitrogens with zero attached hydrogens (tertiary/aromatic N) is 11. The van der Waals surface area contributed by atoms with Crippen LogP contribution in [0.3, 0.4) is 0 Å². The number of pyridine rings is 2. The topological polar surface area (TPSA) is 203 Å². The molecule has 5 heterocycles. The summed E-state index contributed by atoms with van der Waals surface area (Å²) in [6.45, 7) is 5.15. The number of anilines is 2. The van der Waals surface area contributed by atoms with Crippen molar-refractivity contribution in [3.63, 3.8) is 0 Å². The third-order valence-electron chi connectivity index (χ3n) is 10.2. The van der Waals surface area contributed by atoms with Crippen molar-refractivity contribution in [1.82, 2.24) is 44.5 Å². The molecule has 1 fully saturated rings. The standard InChI is InChI=1S/C37H39F3N11O6P/c1-3-32(25(2)57-58(54,55)56)51-35(52)50(24-44-51)34-15-13-29(21-42-34)48-18-16-47(17-19-48)28-11-8-26(9-12-28)27-10-14-33(41-20-27)37(39,40)36(53,22-49-23-43-45-46-49)30-6-4-5-7-31(30)38/h4-15,20-21,23-25,32,53H,3,16-19,22H2,1-2H3,(H2,54,55,56)/t25-,32-,36?/m0/s1. The van der Waals surface area contributed by atoms with Gasteiger partial charge in [-0.2, -0.15) is 13.9 Å². The summed E-state index contributed by atoms with van der Waals surface area (Å²) in [5, 5.41) is 26.1. The molecule has 0 radical (unpaired) electrons. The van der Waals surface area contributed by atoms with E-state index in [1.165, 1.54) is 42.2 Å². The lowest BCUT2D eigenvalue weighted by atomic mass is 9.84. The molecule has 1 aliphatic heterocycles. The van der Waals surface area contributed by atoms with Crippen LogP contribution in [-0.2, 0) is 27.2 Å². The molecule has 7 rings (SSSR count). The normalized spacial score (nSPS) is 15.9. The van der Waals surface area contributed by atoms with Crippen LogP contribution in [0, 0.1) is 5.82 Å². The van der Waals surface area contributed by atoms with Crippen molar-refractivity contribution in [2.75, 3.05) is 36.0 Å². The van der Waals surface area contributed by atoms with E-state index in [4.69, 9.17) is 4.52 Å². The van der Waals surface area contributed by atoms with Crippen molar-refractivity contribution >= 4 is 19.2 Å². The van der Waals surface area contributed by atoms with E-state index in [9.17, 15) is 28.6 Å². The molecule has 1 saturated heterocycles. The van der Waals surface area contributed by atoms with Crippen molar-refractivity contribution in [3.05, 3.63) is 125 Å². The molecular weight excluding hydrogens is 782 g/mol. The van der Waals surface area contributed by atoms with E-state index in [0.29, 0.717) is 44.0 Å². The second kappa shape index (κ2) is 16.2. The van der Waals surface area contributed by atoms with Gasteiger partial charge in [0.05, 0.1) is 30.6 Å². The van der Waals surface area contributed by atoms with E-state index < -0.39 is 60.8 Å². The molecule has 0 spiro atoms. The van der Waals surface area contributed by atoms with E-state index in [1.807, 2.05) is 30.3 Å². The Morgan fingerprint density at radius 3 is 2.14 bits per heavy atom. The number of hydrogen-bond donors (Lipinski definition) is 3. The lowest BCUT2D eigenvalue weighted by molar-refractivity contribution is -0.207. The maximum atomic E-state index is 16.2. The zero-order valence-corrected chi connectivity index (χ0v) is 32.1. The van der Waals surface area contributed by atoms with Gasteiger partial charge in [0, 0.05) is 49.2 Å². The molecule has 0 bridgehead atoms. The van der Waals surface area contributed by atoms with Gasteiger partial charge < -0.3 is 24.7 Å². The number of phosphoric ester groups is 1. The summed E-state index contributed by atoms with van der Waals surface area (Å²) in [7, 11) is -4.76. The summed E-state index contributed by atoms with van der Waals surface area (Å²) < 4.78 is 66.6. The first-order chi connectivity index (χ1) is 27.7. The Balaban J connectivity index is 0.985. The van der Waals surface area contributed by atoms with Gasteiger partial charge in [-0.1, -0.05) is 43.3 Å². The molecule has 4 aromatic heterocycles. The van der Waals surface area contributed by atoms with E-state index >= 15 is 8.78 Å². The average Bonchev–Trinajstić information content (AvgIpc) is 3.87. The van der Waals surface area contributed by atoms with Crippen LogP contribution >= 0.6 is 7.82 Å². The number of alkyl halides is 2. The molecule has 1 unspecified atom stereocenters. The Kier molecular flexibility index (Phi) is 11.3. The Morgan fingerprint density at radius 2 is 1.55 bits per heavy atom. The maximum absolute atomic E-state index is 16.2. The fraction of sp³-hybridized carbons (Fsp3) is 0.324. The summed E-state index contributed by atoms with van der Waals surface area (Å²) >= 11 is 0. The lowest BCUT2D eigenvalue weighted by Crippen LogP contribution is -2.48. The number of halogens is 3. The van der Waals surface area contributed by atoms with Gasteiger partial charge in [0.15, 0.2) is 5.60 Å². The summed E-state index contributed by atoms with van der Waals surface area (Å²) in [4.78, 5) is 44.5. The van der Waals surface area contributed by atoms with E-state index in [2.05, 4.69) is 40.4 Å². The number of benzene rings is 2. The SMILES string of the molecule is CC[C@@H]([C@H](C)OP(=O)(O)O)n1ncn(-c2ccc(N3CCN(c4ccc(-c5ccc(C(F)(F)C(O)(Cn6cnnn6)c6ccccc6F)nc5)cc4)CC3)cn2)c1=O. The molecule has 21 heteroatoms. The first-order valence-corrected chi connectivity index (χ1v) is 19.7. The van der Waals surface area contributed by atoms with Gasteiger partial charge in [-0.3, -0.25) is 9.51 Å². The van der Waals surface area contributed by atoms with Crippen LogP contribution in [0.2, 0.25) is 0 Å². The summed E-state index contributed by atoms with van der Waals surface area (Å²) in [6.07, 6.45) is 4.68. The highest BCUT2D eigenvalue weighted by atomic mass is 31.2. The number of aliphatic hydroxyl groups is 1. The Morgan fingerprint density at radius 1 is 0.879 bits per heavy atom. The first kappa shape index (κ1) is 40.4. The third kappa shape index (κ3) is 8.14. The zero-order valence-electron chi connectivity index (χ0n) is 31.2. The Hall–Kier alpha value is -5.79. The molecule has 304 valence electrons. The Labute approximate surface area is 329 Å². The molecule has 1 aliphatic rings. The van der Waals surface area contributed by atoms with Gasteiger partial charge in [-0.15, -0.1) is 5.10 Å². The molecule has 0 saturated carbocycles. The molecule has 17 nitrogen and oxygen atoms in total. The van der Waals surface area contributed by atoms with Crippen molar-refractivity contribution in [1.29, 1.82) is 0 Å². The highest BCUT2D eigenvalue weighted by molar-refractivity contribution is 7.46. The minimum Gasteiger partial charge on any atom is -0.377 e. The van der Waals surface area contributed by atoms with Crippen LogP contribution in [0.25, 0.3) is 16.9 Å². The number of tetrazole rings is 1. The molecule has 2 aromatic carbocycles. The highest BCUT2D eigenvalue weighted by Crippen LogP contribution is 2.47.